The van der Waals surface area contributed by atoms with Crippen LogP contribution >= 0.6 is 0 Å². The van der Waals surface area contributed by atoms with Gasteiger partial charge in [-0.05, 0) is 25.7 Å². The molecule has 126 valence electrons. The fourth-order valence-corrected chi connectivity index (χ4v) is 3.41. The molecule has 1 aliphatic heterocycles. The van der Waals surface area contributed by atoms with E-state index in [-0.39, 0.29) is 12.1 Å². The second kappa shape index (κ2) is 6.72. The van der Waals surface area contributed by atoms with Crippen molar-refractivity contribution in [2.24, 2.45) is 0 Å². The lowest BCUT2D eigenvalue weighted by molar-refractivity contribution is 0.157. The fourth-order valence-electron chi connectivity index (χ4n) is 3.41. The molecule has 1 aromatic heterocycles. The van der Waals surface area contributed by atoms with Gasteiger partial charge in [-0.3, -0.25) is 0 Å². The highest BCUT2D eigenvalue weighted by Gasteiger charge is 2.28. The van der Waals surface area contributed by atoms with Crippen LogP contribution in [0.5, 0.6) is 0 Å². The number of piperidine rings is 1. The molecule has 2 heterocycles. The number of hydrogen-bond donors (Lipinski definition) is 0. The number of aromatic nitrogens is 2. The average molecular weight is 317 g/mol. The monoisotopic (exact) mass is 317 g/mol. The highest BCUT2D eigenvalue weighted by Crippen LogP contribution is 2.36. The first-order valence-corrected chi connectivity index (χ1v) is 8.57. The summed E-state index contributed by atoms with van der Waals surface area (Å²) in [5.41, 5.74) is 1.18. The van der Waals surface area contributed by atoms with E-state index in [2.05, 4.69) is 20.9 Å². The molecule has 2 fully saturated rings. The molecule has 1 aliphatic carbocycles. The zero-order chi connectivity index (χ0) is 16.4. The van der Waals surface area contributed by atoms with Crippen molar-refractivity contribution in [2.45, 2.75) is 44.1 Å². The quantitative estimate of drug-likeness (QED) is 0.858. The summed E-state index contributed by atoms with van der Waals surface area (Å²) in [6.07, 6.45) is 7.64. The molecule has 0 aromatic carbocycles. The highest BCUT2D eigenvalue weighted by molar-refractivity contribution is 5.74. The van der Waals surface area contributed by atoms with Crippen molar-refractivity contribution in [3.05, 3.63) is 18.1 Å². The molecule has 0 N–H and O–H groups in total. The normalized spacial score (nSPS) is 21.7. The zero-order valence-electron chi connectivity index (χ0n) is 14.4. The Kier molecular flexibility index (Phi) is 4.68. The summed E-state index contributed by atoms with van der Waals surface area (Å²) in [6, 6.07) is 2.45. The molecule has 1 atom stereocenters. The van der Waals surface area contributed by atoms with Crippen LogP contribution in [0.2, 0.25) is 0 Å². The van der Waals surface area contributed by atoms with E-state index in [0.29, 0.717) is 5.92 Å². The number of anilines is 1. The standard InChI is InChI=1S/C17H27N5O/c1-20(2)17(23)21(3)14-8-5-9-22(11-14)16-10-15(18-12-19-16)13-6-4-7-13/h10,12-14H,4-9,11H2,1-3H3. The van der Waals surface area contributed by atoms with Crippen molar-refractivity contribution >= 4 is 11.8 Å². The van der Waals surface area contributed by atoms with Crippen LogP contribution in [0.15, 0.2) is 12.4 Å². The Bertz CT molecular complexity index is 558. The van der Waals surface area contributed by atoms with E-state index in [0.717, 1.165) is 31.7 Å². The van der Waals surface area contributed by atoms with Crippen LogP contribution < -0.4 is 4.90 Å². The molecule has 6 heteroatoms. The Hall–Kier alpha value is -1.85. The second-order valence-electron chi connectivity index (χ2n) is 6.96. The molecule has 0 spiro atoms. The number of likely N-dealkylation sites (N-methyl/N-ethyl adjacent to an activating group) is 1. The van der Waals surface area contributed by atoms with Crippen LogP contribution in [-0.2, 0) is 0 Å². The number of nitrogens with zero attached hydrogens (tertiary/aromatic N) is 5. The van der Waals surface area contributed by atoms with Crippen molar-refractivity contribution in [3.63, 3.8) is 0 Å². The van der Waals surface area contributed by atoms with Gasteiger partial charge in [0.15, 0.2) is 0 Å². The number of rotatable bonds is 3. The SMILES string of the molecule is CN(C)C(=O)N(C)C1CCCN(c2cc(C3CCC3)ncn2)C1. The van der Waals surface area contributed by atoms with Gasteiger partial charge in [0.05, 0.1) is 6.04 Å². The molecule has 1 aromatic rings. The predicted octanol–water partition coefficient (Wildman–Crippen LogP) is 2.33. The van der Waals surface area contributed by atoms with E-state index in [1.807, 2.05) is 11.9 Å². The summed E-state index contributed by atoms with van der Waals surface area (Å²) >= 11 is 0. The van der Waals surface area contributed by atoms with Gasteiger partial charge in [-0.2, -0.15) is 0 Å². The van der Waals surface area contributed by atoms with E-state index in [1.54, 1.807) is 25.3 Å². The smallest absolute Gasteiger partial charge is 0.319 e. The first-order chi connectivity index (χ1) is 11.1. The molecular formula is C17H27N5O. The van der Waals surface area contributed by atoms with E-state index < -0.39 is 0 Å². The van der Waals surface area contributed by atoms with Gasteiger partial charge in [-0.1, -0.05) is 6.42 Å². The number of carbonyl (C=O) groups excluding carboxylic acids is 1. The molecule has 1 saturated carbocycles. The molecule has 23 heavy (non-hydrogen) atoms. The van der Waals surface area contributed by atoms with Crippen LogP contribution in [0.25, 0.3) is 0 Å². The Morgan fingerprint density at radius 3 is 2.61 bits per heavy atom. The lowest BCUT2D eigenvalue weighted by atomic mass is 9.83. The molecule has 2 aliphatic rings. The third kappa shape index (κ3) is 3.41. The zero-order valence-corrected chi connectivity index (χ0v) is 14.4. The Morgan fingerprint density at radius 2 is 1.96 bits per heavy atom. The van der Waals surface area contributed by atoms with E-state index in [1.165, 1.54) is 25.0 Å². The third-order valence-electron chi connectivity index (χ3n) is 5.15. The van der Waals surface area contributed by atoms with Crippen LogP contribution in [0.1, 0.15) is 43.7 Å². The van der Waals surface area contributed by atoms with Crippen molar-refractivity contribution < 1.29 is 4.79 Å². The number of carbonyl (C=O) groups is 1. The minimum atomic E-state index is 0.0645. The first-order valence-electron chi connectivity index (χ1n) is 8.57. The van der Waals surface area contributed by atoms with Gasteiger partial charge in [0.25, 0.3) is 0 Å². The summed E-state index contributed by atoms with van der Waals surface area (Å²) in [6.45, 7) is 1.85. The van der Waals surface area contributed by atoms with Crippen LogP contribution in [0.3, 0.4) is 0 Å². The maximum Gasteiger partial charge on any atom is 0.319 e. The van der Waals surface area contributed by atoms with E-state index in [4.69, 9.17) is 0 Å². The Balaban J connectivity index is 1.69. The molecule has 2 amide bonds. The first kappa shape index (κ1) is 16.0. The van der Waals surface area contributed by atoms with Crippen molar-refractivity contribution in [3.8, 4) is 0 Å². The summed E-state index contributed by atoms with van der Waals surface area (Å²) < 4.78 is 0. The lowest BCUT2D eigenvalue weighted by Crippen LogP contribution is -2.51. The van der Waals surface area contributed by atoms with E-state index >= 15 is 0 Å². The number of hydrogen-bond acceptors (Lipinski definition) is 4. The van der Waals surface area contributed by atoms with Gasteiger partial charge in [0, 0.05) is 51.9 Å². The van der Waals surface area contributed by atoms with Crippen LogP contribution in [-0.4, -0.2) is 66.1 Å². The summed E-state index contributed by atoms with van der Waals surface area (Å²) in [4.78, 5) is 26.9. The Labute approximate surface area is 138 Å². The molecule has 0 radical (unpaired) electrons. The number of amides is 2. The van der Waals surface area contributed by atoms with Gasteiger partial charge in [-0.25, -0.2) is 14.8 Å². The fraction of sp³-hybridized carbons (Fsp3) is 0.706. The van der Waals surface area contributed by atoms with Gasteiger partial charge in [0.1, 0.15) is 12.1 Å². The second-order valence-corrected chi connectivity index (χ2v) is 6.96. The van der Waals surface area contributed by atoms with Gasteiger partial charge < -0.3 is 14.7 Å². The Morgan fingerprint density at radius 1 is 1.17 bits per heavy atom. The average Bonchev–Trinajstić information content (AvgIpc) is 2.52. The topological polar surface area (TPSA) is 52.6 Å². The molecule has 1 unspecified atom stereocenters. The van der Waals surface area contributed by atoms with Crippen molar-refractivity contribution in [1.82, 2.24) is 19.8 Å². The predicted molar refractivity (Wildman–Crippen MR) is 90.7 cm³/mol. The van der Waals surface area contributed by atoms with Gasteiger partial charge >= 0.3 is 6.03 Å². The van der Waals surface area contributed by atoms with Crippen molar-refractivity contribution in [2.75, 3.05) is 39.1 Å². The molecule has 0 bridgehead atoms. The van der Waals surface area contributed by atoms with Crippen LogP contribution in [0, 0.1) is 0 Å². The molecule has 6 nitrogen and oxygen atoms in total. The van der Waals surface area contributed by atoms with Gasteiger partial charge in [0.2, 0.25) is 0 Å². The maximum atomic E-state index is 12.2. The number of urea groups is 1. The van der Waals surface area contributed by atoms with Crippen LogP contribution in [0.4, 0.5) is 10.6 Å². The summed E-state index contributed by atoms with van der Waals surface area (Å²) in [5, 5.41) is 0. The highest BCUT2D eigenvalue weighted by atomic mass is 16.2. The minimum Gasteiger partial charge on any atom is -0.354 e. The largest absolute Gasteiger partial charge is 0.354 e. The lowest BCUT2D eigenvalue weighted by Gasteiger charge is -2.39. The molecule has 3 rings (SSSR count). The molecular weight excluding hydrogens is 290 g/mol. The third-order valence-corrected chi connectivity index (χ3v) is 5.15. The van der Waals surface area contributed by atoms with Gasteiger partial charge in [-0.15, -0.1) is 0 Å². The summed E-state index contributed by atoms with van der Waals surface area (Å²) in [5.74, 6) is 1.63. The maximum absolute atomic E-state index is 12.2. The summed E-state index contributed by atoms with van der Waals surface area (Å²) in [7, 11) is 5.50. The van der Waals surface area contributed by atoms with E-state index in [9.17, 15) is 4.79 Å². The molecule has 1 saturated heterocycles. The van der Waals surface area contributed by atoms with Crippen molar-refractivity contribution in [1.29, 1.82) is 0 Å². The minimum absolute atomic E-state index is 0.0645.